The fourth-order valence-electron chi connectivity index (χ4n) is 1.97. The first-order valence-electron chi connectivity index (χ1n) is 5.90. The van der Waals surface area contributed by atoms with Gasteiger partial charge in [0.05, 0.1) is 14.2 Å². The number of pyridine rings is 1. The lowest BCUT2D eigenvalue weighted by Crippen LogP contribution is -1.94. The van der Waals surface area contributed by atoms with Crippen LogP contribution in [0.3, 0.4) is 0 Å². The van der Waals surface area contributed by atoms with Gasteiger partial charge in [-0.25, -0.2) is 4.98 Å². The molecule has 1 aromatic carbocycles. The Kier molecular flexibility index (Phi) is 3.92. The molecule has 0 atom stereocenters. The van der Waals surface area contributed by atoms with E-state index in [0.717, 1.165) is 35.1 Å². The molecule has 2 rings (SSSR count). The molecule has 0 aliphatic heterocycles. The number of methoxy groups -OCH3 is 2. The summed E-state index contributed by atoms with van der Waals surface area (Å²) in [5.41, 5.74) is 1.82. The molecule has 0 N–H and O–H groups in total. The highest BCUT2D eigenvalue weighted by Crippen LogP contribution is 2.32. The SMILES string of the molecule is CCCc1cc2cc(OC)cc(OC)c2nc1Cl. The molecule has 0 saturated carbocycles. The number of hydrogen-bond acceptors (Lipinski definition) is 3. The van der Waals surface area contributed by atoms with Gasteiger partial charge in [-0.2, -0.15) is 0 Å². The Labute approximate surface area is 112 Å². The standard InChI is InChI=1S/C14H16ClNO2/c1-4-5-9-6-10-7-11(17-2)8-12(18-3)13(10)16-14(9)15/h6-8H,4-5H2,1-3H3. The van der Waals surface area contributed by atoms with Crippen molar-refractivity contribution in [1.82, 2.24) is 4.98 Å². The fraction of sp³-hybridized carbons (Fsp3) is 0.357. The van der Waals surface area contributed by atoms with E-state index in [4.69, 9.17) is 21.1 Å². The molecule has 1 aromatic heterocycles. The number of ether oxygens (including phenoxy) is 2. The smallest absolute Gasteiger partial charge is 0.148 e. The van der Waals surface area contributed by atoms with Gasteiger partial charge in [0.15, 0.2) is 0 Å². The normalized spacial score (nSPS) is 10.7. The Bertz CT molecular complexity index is 569. The Morgan fingerprint density at radius 3 is 2.56 bits per heavy atom. The number of halogens is 1. The quantitative estimate of drug-likeness (QED) is 0.787. The Hall–Kier alpha value is -1.48. The monoisotopic (exact) mass is 265 g/mol. The predicted molar refractivity (Wildman–Crippen MR) is 73.9 cm³/mol. The summed E-state index contributed by atoms with van der Waals surface area (Å²) in [6, 6.07) is 5.81. The molecule has 18 heavy (non-hydrogen) atoms. The van der Waals surface area contributed by atoms with E-state index in [1.807, 2.05) is 12.1 Å². The average Bonchev–Trinajstić information content (AvgIpc) is 2.39. The topological polar surface area (TPSA) is 31.4 Å². The molecule has 1 heterocycles. The molecule has 0 saturated heterocycles. The molecule has 0 spiro atoms. The van der Waals surface area contributed by atoms with Gasteiger partial charge in [0, 0.05) is 11.5 Å². The molecular weight excluding hydrogens is 250 g/mol. The van der Waals surface area contributed by atoms with E-state index in [1.54, 1.807) is 14.2 Å². The summed E-state index contributed by atoms with van der Waals surface area (Å²) in [5, 5.41) is 1.53. The van der Waals surface area contributed by atoms with Crippen LogP contribution in [0, 0.1) is 0 Å². The third-order valence-corrected chi connectivity index (χ3v) is 3.18. The maximum Gasteiger partial charge on any atom is 0.148 e. The second-order valence-corrected chi connectivity index (χ2v) is 4.45. The molecule has 0 bridgehead atoms. The lowest BCUT2D eigenvalue weighted by Gasteiger charge is -2.10. The maximum atomic E-state index is 6.19. The predicted octanol–water partition coefficient (Wildman–Crippen LogP) is 3.86. The highest BCUT2D eigenvalue weighted by molar-refractivity contribution is 6.30. The summed E-state index contributed by atoms with van der Waals surface area (Å²) in [5.74, 6) is 1.43. The zero-order valence-electron chi connectivity index (χ0n) is 10.8. The van der Waals surface area contributed by atoms with Crippen LogP contribution in [-0.2, 0) is 6.42 Å². The Morgan fingerprint density at radius 2 is 1.94 bits per heavy atom. The largest absolute Gasteiger partial charge is 0.497 e. The van der Waals surface area contributed by atoms with Crippen LogP contribution in [0.4, 0.5) is 0 Å². The number of rotatable bonds is 4. The van der Waals surface area contributed by atoms with Gasteiger partial charge in [-0.05, 0) is 24.1 Å². The van der Waals surface area contributed by atoms with Gasteiger partial charge in [0.2, 0.25) is 0 Å². The van der Waals surface area contributed by atoms with E-state index in [9.17, 15) is 0 Å². The van der Waals surface area contributed by atoms with Crippen LogP contribution in [0.5, 0.6) is 11.5 Å². The van der Waals surface area contributed by atoms with Gasteiger partial charge in [0.25, 0.3) is 0 Å². The van der Waals surface area contributed by atoms with Crippen LogP contribution in [-0.4, -0.2) is 19.2 Å². The van der Waals surface area contributed by atoms with Crippen molar-refractivity contribution in [3.05, 3.63) is 28.9 Å². The number of benzene rings is 1. The summed E-state index contributed by atoms with van der Waals surface area (Å²) in [6.45, 7) is 2.12. The van der Waals surface area contributed by atoms with Crippen molar-refractivity contribution in [3.63, 3.8) is 0 Å². The van der Waals surface area contributed by atoms with Crippen molar-refractivity contribution in [2.24, 2.45) is 0 Å². The minimum atomic E-state index is 0.549. The summed E-state index contributed by atoms with van der Waals surface area (Å²) >= 11 is 6.19. The molecule has 4 heteroatoms. The molecule has 0 unspecified atom stereocenters. The van der Waals surface area contributed by atoms with Gasteiger partial charge >= 0.3 is 0 Å². The van der Waals surface area contributed by atoms with Gasteiger partial charge < -0.3 is 9.47 Å². The summed E-state index contributed by atoms with van der Waals surface area (Å²) in [6.07, 6.45) is 1.95. The van der Waals surface area contributed by atoms with Gasteiger partial charge in [-0.1, -0.05) is 24.9 Å². The fourth-order valence-corrected chi connectivity index (χ4v) is 2.20. The summed E-state index contributed by atoms with van der Waals surface area (Å²) < 4.78 is 10.6. The van der Waals surface area contributed by atoms with E-state index in [0.29, 0.717) is 10.9 Å². The zero-order chi connectivity index (χ0) is 13.1. The number of hydrogen-bond donors (Lipinski definition) is 0. The molecule has 3 nitrogen and oxygen atoms in total. The van der Waals surface area contributed by atoms with Crippen molar-refractivity contribution in [2.75, 3.05) is 14.2 Å². The molecule has 0 aliphatic carbocycles. The van der Waals surface area contributed by atoms with Crippen molar-refractivity contribution in [2.45, 2.75) is 19.8 Å². The maximum absolute atomic E-state index is 6.19. The van der Waals surface area contributed by atoms with Crippen LogP contribution in [0.15, 0.2) is 18.2 Å². The molecule has 0 fully saturated rings. The first-order valence-corrected chi connectivity index (χ1v) is 6.28. The molecule has 0 aliphatic rings. The van der Waals surface area contributed by atoms with Crippen LogP contribution in [0.25, 0.3) is 10.9 Å². The molecule has 2 aromatic rings. The minimum absolute atomic E-state index is 0.549. The van der Waals surface area contributed by atoms with E-state index >= 15 is 0 Å². The van der Waals surface area contributed by atoms with Crippen molar-refractivity contribution < 1.29 is 9.47 Å². The highest BCUT2D eigenvalue weighted by Gasteiger charge is 2.10. The van der Waals surface area contributed by atoms with Crippen molar-refractivity contribution >= 4 is 22.5 Å². The first-order chi connectivity index (χ1) is 8.69. The third kappa shape index (κ3) is 2.36. The van der Waals surface area contributed by atoms with Gasteiger partial charge in [0.1, 0.15) is 22.2 Å². The van der Waals surface area contributed by atoms with E-state index in [2.05, 4.69) is 18.0 Å². The molecule has 0 amide bonds. The highest BCUT2D eigenvalue weighted by atomic mass is 35.5. The Morgan fingerprint density at radius 1 is 1.17 bits per heavy atom. The lowest BCUT2D eigenvalue weighted by molar-refractivity contribution is 0.397. The average molecular weight is 266 g/mol. The second kappa shape index (κ2) is 5.44. The van der Waals surface area contributed by atoms with E-state index < -0.39 is 0 Å². The summed E-state index contributed by atoms with van der Waals surface area (Å²) in [4.78, 5) is 4.43. The number of aromatic nitrogens is 1. The first kappa shape index (κ1) is 13.0. The van der Waals surface area contributed by atoms with E-state index in [-0.39, 0.29) is 0 Å². The second-order valence-electron chi connectivity index (χ2n) is 4.09. The molecule has 96 valence electrons. The third-order valence-electron chi connectivity index (χ3n) is 2.86. The Balaban J connectivity index is 2.67. The van der Waals surface area contributed by atoms with Crippen molar-refractivity contribution in [3.8, 4) is 11.5 Å². The molecule has 0 radical (unpaired) electrons. The number of nitrogens with zero attached hydrogens (tertiary/aromatic N) is 1. The summed E-state index contributed by atoms with van der Waals surface area (Å²) in [7, 11) is 3.25. The van der Waals surface area contributed by atoms with E-state index in [1.165, 1.54) is 0 Å². The van der Waals surface area contributed by atoms with Gasteiger partial charge in [-0.15, -0.1) is 0 Å². The lowest BCUT2D eigenvalue weighted by atomic mass is 10.1. The minimum Gasteiger partial charge on any atom is -0.497 e. The van der Waals surface area contributed by atoms with Crippen molar-refractivity contribution in [1.29, 1.82) is 0 Å². The van der Waals surface area contributed by atoms with Gasteiger partial charge in [-0.3, -0.25) is 0 Å². The van der Waals surface area contributed by atoms with Crippen LogP contribution < -0.4 is 9.47 Å². The zero-order valence-corrected chi connectivity index (χ0v) is 11.5. The van der Waals surface area contributed by atoms with Crippen LogP contribution in [0.2, 0.25) is 5.15 Å². The number of aryl methyl sites for hydroxylation is 1. The van der Waals surface area contributed by atoms with Crippen LogP contribution in [0.1, 0.15) is 18.9 Å². The molecular formula is C14H16ClNO2. The number of fused-ring (bicyclic) bond motifs is 1. The van der Waals surface area contributed by atoms with Crippen LogP contribution >= 0.6 is 11.6 Å².